The molecule has 0 unspecified atom stereocenters. The van der Waals surface area contributed by atoms with Crippen molar-refractivity contribution in [3.05, 3.63) is 36.2 Å². The number of para-hydroxylation sites is 1. The van der Waals surface area contributed by atoms with Crippen LogP contribution in [0.3, 0.4) is 0 Å². The number of rotatable bonds is 3. The van der Waals surface area contributed by atoms with Crippen LogP contribution in [0.5, 0.6) is 0 Å². The van der Waals surface area contributed by atoms with Gasteiger partial charge in [0.05, 0.1) is 5.69 Å². The summed E-state index contributed by atoms with van der Waals surface area (Å²) in [6.45, 7) is 0. The van der Waals surface area contributed by atoms with Crippen LogP contribution in [0.25, 0.3) is 5.84 Å². The molecule has 0 amide bonds. The second kappa shape index (κ2) is 6.14. The molecule has 0 bridgehead atoms. The Balaban J connectivity index is 0.000001000. The molecule has 11 heavy (non-hydrogen) atoms. The largest absolute Gasteiger partial charge is 0.596 e. The van der Waals surface area contributed by atoms with Crippen molar-refractivity contribution >= 4 is 5.69 Å². The van der Waals surface area contributed by atoms with Gasteiger partial charge in [0.15, 0.2) is 0 Å². The fourth-order valence-electron chi connectivity index (χ4n) is 0.625. The standard InChI is InChI=1S/C6H9N4.Co/c7-9-10-8-6-4-2-1-3-5-6;/h1-5,7-10H;/q-1;. The minimum atomic E-state index is 0. The van der Waals surface area contributed by atoms with E-state index in [-0.39, 0.29) is 16.8 Å². The summed E-state index contributed by atoms with van der Waals surface area (Å²) in [5.41, 5.74) is 8.10. The van der Waals surface area contributed by atoms with E-state index in [2.05, 4.69) is 11.0 Å². The van der Waals surface area contributed by atoms with Gasteiger partial charge in [-0.05, 0) is 12.1 Å². The third-order valence-corrected chi connectivity index (χ3v) is 1.04. The molecule has 1 aromatic rings. The van der Waals surface area contributed by atoms with Gasteiger partial charge >= 0.3 is 0 Å². The van der Waals surface area contributed by atoms with E-state index in [1.807, 2.05) is 35.9 Å². The van der Waals surface area contributed by atoms with Crippen LogP contribution < -0.4 is 16.5 Å². The summed E-state index contributed by atoms with van der Waals surface area (Å²) in [5, 5.41) is 0. The van der Waals surface area contributed by atoms with Crippen molar-refractivity contribution in [3.63, 3.8) is 0 Å². The van der Waals surface area contributed by atoms with E-state index in [4.69, 9.17) is 5.84 Å². The van der Waals surface area contributed by atoms with Gasteiger partial charge in [0, 0.05) is 16.8 Å². The number of hydrogen-bond donors (Lipinski definition) is 3. The van der Waals surface area contributed by atoms with Crippen LogP contribution in [0, 0.1) is 0 Å². The summed E-state index contributed by atoms with van der Waals surface area (Å²) in [5.74, 6) is 6.53. The van der Waals surface area contributed by atoms with Crippen LogP contribution in [0.4, 0.5) is 5.69 Å². The molecule has 0 heterocycles. The Bertz CT molecular complexity index is 179. The summed E-state index contributed by atoms with van der Waals surface area (Å²) in [7, 11) is 0. The van der Waals surface area contributed by atoms with Crippen molar-refractivity contribution in [2.24, 2.45) is 0 Å². The van der Waals surface area contributed by atoms with Crippen molar-refractivity contribution in [2.75, 3.05) is 5.43 Å². The molecular formula is C6H9CoN4-. The van der Waals surface area contributed by atoms with Crippen LogP contribution in [0.2, 0.25) is 0 Å². The maximum absolute atomic E-state index is 6.53. The monoisotopic (exact) mass is 196 g/mol. The normalized spacial score (nSPS) is 8.45. The summed E-state index contributed by atoms with van der Waals surface area (Å²) in [6.07, 6.45) is 0. The second-order valence-electron chi connectivity index (χ2n) is 1.74. The van der Waals surface area contributed by atoms with Gasteiger partial charge in [0.2, 0.25) is 0 Å². The first kappa shape index (κ1) is 10.4. The molecule has 0 saturated heterocycles. The zero-order valence-electron chi connectivity index (χ0n) is 5.72. The molecular weight excluding hydrogens is 187 g/mol. The zero-order valence-corrected chi connectivity index (χ0v) is 6.76. The van der Waals surface area contributed by atoms with Crippen LogP contribution in [-0.4, -0.2) is 0 Å². The number of hydrogen-bond acceptors (Lipinski definition) is 3. The first-order valence-electron chi connectivity index (χ1n) is 2.91. The first-order valence-corrected chi connectivity index (χ1v) is 2.91. The van der Waals surface area contributed by atoms with Crippen LogP contribution in [0.15, 0.2) is 30.3 Å². The molecule has 0 atom stereocenters. The molecule has 4 nitrogen and oxygen atoms in total. The predicted molar refractivity (Wildman–Crippen MR) is 40.7 cm³/mol. The maximum atomic E-state index is 6.53. The molecule has 4 N–H and O–H groups in total. The fourth-order valence-corrected chi connectivity index (χ4v) is 0.625. The quantitative estimate of drug-likeness (QED) is 0.633. The van der Waals surface area contributed by atoms with E-state index >= 15 is 0 Å². The topological polar surface area (TPSA) is 59.9 Å². The predicted octanol–water partition coefficient (Wildman–Crippen LogP) is 1.07. The smallest absolute Gasteiger partial charge is 0.0500 e. The third-order valence-electron chi connectivity index (χ3n) is 1.04. The molecule has 0 aliphatic heterocycles. The Hall–Kier alpha value is -0.594. The van der Waals surface area contributed by atoms with Crippen molar-refractivity contribution in [1.29, 1.82) is 0 Å². The van der Waals surface area contributed by atoms with E-state index in [0.29, 0.717) is 0 Å². The molecule has 63 valence electrons. The third kappa shape index (κ3) is 3.97. The van der Waals surface area contributed by atoms with Crippen molar-refractivity contribution in [2.45, 2.75) is 0 Å². The van der Waals surface area contributed by atoms with Gasteiger partial charge in [-0.25, -0.2) is 0 Å². The van der Waals surface area contributed by atoms with E-state index in [1.54, 1.807) is 0 Å². The van der Waals surface area contributed by atoms with Crippen LogP contribution in [-0.2, 0) is 16.8 Å². The number of nitrogens with one attached hydrogen (secondary N) is 4. The van der Waals surface area contributed by atoms with E-state index in [0.717, 1.165) is 5.69 Å². The van der Waals surface area contributed by atoms with Crippen LogP contribution >= 0.6 is 0 Å². The van der Waals surface area contributed by atoms with E-state index in [1.165, 1.54) is 0 Å². The van der Waals surface area contributed by atoms with Crippen molar-refractivity contribution in [3.8, 4) is 0 Å². The summed E-state index contributed by atoms with van der Waals surface area (Å²) >= 11 is 0. The Kier molecular flexibility index (Phi) is 5.81. The van der Waals surface area contributed by atoms with Gasteiger partial charge in [-0.15, -0.1) is 0 Å². The van der Waals surface area contributed by atoms with Crippen LogP contribution in [0.1, 0.15) is 0 Å². The molecule has 1 rings (SSSR count). The summed E-state index contributed by atoms with van der Waals surface area (Å²) in [6, 6.07) is 9.54. The number of hydrazine groups is 2. The molecule has 0 aliphatic rings. The Morgan fingerprint density at radius 2 is 1.73 bits per heavy atom. The summed E-state index contributed by atoms with van der Waals surface area (Å²) < 4.78 is 0. The first-order chi connectivity index (χ1) is 4.93. The Labute approximate surface area is 75.7 Å². The Morgan fingerprint density at radius 3 is 2.27 bits per heavy atom. The average Bonchev–Trinajstić information content (AvgIpc) is 2.03. The van der Waals surface area contributed by atoms with Gasteiger partial charge in [-0.3, -0.25) is 0 Å². The number of anilines is 1. The molecule has 0 saturated carbocycles. The molecule has 0 aliphatic carbocycles. The molecule has 1 radical (unpaired) electrons. The van der Waals surface area contributed by atoms with Gasteiger partial charge in [0.25, 0.3) is 0 Å². The second-order valence-corrected chi connectivity index (χ2v) is 1.74. The Morgan fingerprint density at radius 1 is 1.09 bits per heavy atom. The van der Waals surface area contributed by atoms with Gasteiger partial charge in [-0.2, -0.15) is 5.53 Å². The molecule has 0 spiro atoms. The van der Waals surface area contributed by atoms with Gasteiger partial charge in [0.1, 0.15) is 0 Å². The molecule has 0 fully saturated rings. The zero-order chi connectivity index (χ0) is 7.23. The van der Waals surface area contributed by atoms with Crippen molar-refractivity contribution < 1.29 is 16.8 Å². The van der Waals surface area contributed by atoms with Crippen molar-refractivity contribution in [1.82, 2.24) is 11.1 Å². The fraction of sp³-hybridized carbons (Fsp3) is 0. The minimum Gasteiger partial charge on any atom is -0.596 e. The van der Waals surface area contributed by atoms with Gasteiger partial charge < -0.3 is 16.8 Å². The van der Waals surface area contributed by atoms with E-state index in [9.17, 15) is 0 Å². The summed E-state index contributed by atoms with van der Waals surface area (Å²) in [4.78, 5) is 0. The minimum absolute atomic E-state index is 0. The SMILES string of the molecule is [Co].[NH-]NNNc1ccccc1. The van der Waals surface area contributed by atoms with Gasteiger partial charge in [-0.1, -0.05) is 18.2 Å². The maximum Gasteiger partial charge on any atom is 0.0500 e. The average molecular weight is 196 g/mol. The molecule has 5 heteroatoms. The molecule has 1 aromatic carbocycles. The number of benzene rings is 1. The molecule has 0 aromatic heterocycles. The van der Waals surface area contributed by atoms with E-state index < -0.39 is 0 Å².